The van der Waals surface area contributed by atoms with Crippen molar-refractivity contribution in [3.05, 3.63) is 56.3 Å². The molecular weight excluding hydrogens is 278 g/mol. The van der Waals surface area contributed by atoms with E-state index in [0.29, 0.717) is 5.69 Å². The zero-order valence-corrected chi connectivity index (χ0v) is 11.5. The van der Waals surface area contributed by atoms with Crippen LogP contribution in [0.25, 0.3) is 0 Å². The lowest BCUT2D eigenvalue weighted by Crippen LogP contribution is -2.12. The van der Waals surface area contributed by atoms with Crippen molar-refractivity contribution in [1.29, 1.82) is 0 Å². The lowest BCUT2D eigenvalue weighted by Gasteiger charge is -2.14. The predicted octanol–water partition coefficient (Wildman–Crippen LogP) is 2.93. The van der Waals surface area contributed by atoms with E-state index in [-0.39, 0.29) is 17.3 Å². The second-order valence-electron chi connectivity index (χ2n) is 4.23. The molecular formula is C13H13N3O3S. The van der Waals surface area contributed by atoms with Crippen LogP contribution in [0.15, 0.2) is 35.7 Å². The maximum Gasteiger partial charge on any atom is 0.293 e. The number of amides is 1. The molecule has 1 amide bonds. The first kappa shape index (κ1) is 14.0. The van der Waals surface area contributed by atoms with E-state index in [1.54, 1.807) is 11.3 Å². The highest BCUT2D eigenvalue weighted by Crippen LogP contribution is 2.30. The highest BCUT2D eigenvalue weighted by molar-refractivity contribution is 7.10. The average Bonchev–Trinajstić information content (AvgIpc) is 2.92. The Morgan fingerprint density at radius 2 is 2.20 bits per heavy atom. The first-order chi connectivity index (χ1) is 9.49. The second-order valence-corrected chi connectivity index (χ2v) is 5.21. The summed E-state index contributed by atoms with van der Waals surface area (Å²) in [7, 11) is 0. The van der Waals surface area contributed by atoms with Gasteiger partial charge < -0.3 is 11.1 Å². The van der Waals surface area contributed by atoms with Crippen LogP contribution in [-0.4, -0.2) is 10.8 Å². The first-order valence-electron chi connectivity index (χ1n) is 5.87. The van der Waals surface area contributed by atoms with Gasteiger partial charge in [0.1, 0.15) is 5.69 Å². The molecule has 0 aliphatic heterocycles. The minimum atomic E-state index is -0.689. The van der Waals surface area contributed by atoms with Gasteiger partial charge in [0, 0.05) is 16.5 Å². The van der Waals surface area contributed by atoms with Crippen molar-refractivity contribution in [2.24, 2.45) is 5.73 Å². The Kier molecular flexibility index (Phi) is 3.99. The summed E-state index contributed by atoms with van der Waals surface area (Å²) < 4.78 is 0. The lowest BCUT2D eigenvalue weighted by atomic mass is 10.1. The number of anilines is 1. The maximum absolute atomic E-state index is 11.1. The summed E-state index contributed by atoms with van der Waals surface area (Å²) in [5, 5.41) is 16.1. The van der Waals surface area contributed by atoms with Gasteiger partial charge in [-0.1, -0.05) is 6.07 Å². The van der Waals surface area contributed by atoms with E-state index in [0.717, 1.165) is 4.88 Å². The maximum atomic E-state index is 11.1. The van der Waals surface area contributed by atoms with Gasteiger partial charge in [0.25, 0.3) is 5.69 Å². The number of primary amides is 1. The molecule has 2 aromatic rings. The molecule has 1 aromatic heterocycles. The van der Waals surface area contributed by atoms with Gasteiger partial charge in [-0.15, -0.1) is 11.3 Å². The number of carbonyl (C=O) groups excluding carboxylic acids is 1. The summed E-state index contributed by atoms with van der Waals surface area (Å²) in [6.07, 6.45) is 0. The zero-order chi connectivity index (χ0) is 14.7. The SMILES string of the molecule is CC(Nc1ccc(C(N)=O)cc1[N+](=O)[O-])c1cccs1. The van der Waals surface area contributed by atoms with Crippen molar-refractivity contribution in [3.8, 4) is 0 Å². The minimum absolute atomic E-state index is 0.0619. The summed E-state index contributed by atoms with van der Waals surface area (Å²) in [5.41, 5.74) is 5.45. The summed E-state index contributed by atoms with van der Waals surface area (Å²) in [6.45, 7) is 1.91. The quantitative estimate of drug-likeness (QED) is 0.653. The molecule has 0 saturated carbocycles. The monoisotopic (exact) mass is 291 g/mol. The van der Waals surface area contributed by atoms with Gasteiger partial charge in [0.05, 0.1) is 11.0 Å². The predicted molar refractivity (Wildman–Crippen MR) is 78.0 cm³/mol. The standard InChI is InChI=1S/C13H13N3O3S/c1-8(12-3-2-6-20-12)15-10-5-4-9(13(14)17)7-11(10)16(18)19/h2-8,15H,1H3,(H2,14,17). The molecule has 1 atom stereocenters. The normalized spacial score (nSPS) is 11.8. The van der Waals surface area contributed by atoms with E-state index >= 15 is 0 Å². The highest BCUT2D eigenvalue weighted by atomic mass is 32.1. The smallest absolute Gasteiger partial charge is 0.293 e. The Morgan fingerprint density at radius 3 is 2.75 bits per heavy atom. The van der Waals surface area contributed by atoms with Crippen molar-refractivity contribution in [2.75, 3.05) is 5.32 Å². The van der Waals surface area contributed by atoms with Crippen molar-refractivity contribution < 1.29 is 9.72 Å². The van der Waals surface area contributed by atoms with Crippen LogP contribution in [0.4, 0.5) is 11.4 Å². The third kappa shape index (κ3) is 2.94. The van der Waals surface area contributed by atoms with Gasteiger partial charge in [0.2, 0.25) is 5.91 Å². The Labute approximate surface area is 119 Å². The number of benzene rings is 1. The van der Waals surface area contributed by atoms with Crippen LogP contribution in [-0.2, 0) is 0 Å². The summed E-state index contributed by atoms with van der Waals surface area (Å²) >= 11 is 1.57. The van der Waals surface area contributed by atoms with Gasteiger partial charge in [-0.3, -0.25) is 14.9 Å². The number of nitrogens with two attached hydrogens (primary N) is 1. The van der Waals surface area contributed by atoms with Crippen LogP contribution < -0.4 is 11.1 Å². The Balaban J connectivity index is 2.31. The number of thiophene rings is 1. The Morgan fingerprint density at radius 1 is 1.45 bits per heavy atom. The number of hydrogen-bond donors (Lipinski definition) is 2. The van der Waals surface area contributed by atoms with Crippen LogP contribution in [0.3, 0.4) is 0 Å². The number of nitro benzene ring substituents is 1. The number of nitrogens with one attached hydrogen (secondary N) is 1. The third-order valence-electron chi connectivity index (χ3n) is 2.82. The van der Waals surface area contributed by atoms with E-state index in [1.807, 2.05) is 24.4 Å². The van der Waals surface area contributed by atoms with Crippen molar-refractivity contribution in [2.45, 2.75) is 13.0 Å². The van der Waals surface area contributed by atoms with E-state index in [4.69, 9.17) is 5.73 Å². The van der Waals surface area contributed by atoms with Crippen molar-refractivity contribution in [1.82, 2.24) is 0 Å². The number of nitrogens with zero attached hydrogens (tertiary/aromatic N) is 1. The van der Waals surface area contributed by atoms with E-state index < -0.39 is 10.8 Å². The topological polar surface area (TPSA) is 98.3 Å². The third-order valence-corrected chi connectivity index (χ3v) is 3.88. The average molecular weight is 291 g/mol. The Bertz CT molecular complexity index is 640. The molecule has 6 nitrogen and oxygen atoms in total. The van der Waals surface area contributed by atoms with Crippen molar-refractivity contribution >= 4 is 28.6 Å². The van der Waals surface area contributed by atoms with Crippen LogP contribution in [0.1, 0.15) is 28.2 Å². The molecule has 0 radical (unpaired) electrons. The summed E-state index contributed by atoms with van der Waals surface area (Å²) in [5.74, 6) is -0.689. The summed E-state index contributed by atoms with van der Waals surface area (Å²) in [6, 6.07) is 7.97. The van der Waals surface area contributed by atoms with Crippen LogP contribution >= 0.6 is 11.3 Å². The molecule has 1 heterocycles. The van der Waals surface area contributed by atoms with E-state index in [9.17, 15) is 14.9 Å². The van der Waals surface area contributed by atoms with Gasteiger partial charge in [0.15, 0.2) is 0 Å². The number of carbonyl (C=O) groups is 1. The fraction of sp³-hybridized carbons (Fsp3) is 0.154. The fourth-order valence-electron chi connectivity index (χ4n) is 1.80. The molecule has 7 heteroatoms. The highest BCUT2D eigenvalue weighted by Gasteiger charge is 2.18. The molecule has 0 fully saturated rings. The molecule has 0 saturated heterocycles. The second kappa shape index (κ2) is 5.70. The molecule has 0 bridgehead atoms. The Hall–Kier alpha value is -2.41. The molecule has 1 aromatic carbocycles. The lowest BCUT2D eigenvalue weighted by molar-refractivity contribution is -0.384. The molecule has 3 N–H and O–H groups in total. The summed E-state index contributed by atoms with van der Waals surface area (Å²) in [4.78, 5) is 22.7. The van der Waals surface area contributed by atoms with Crippen LogP contribution in [0.2, 0.25) is 0 Å². The van der Waals surface area contributed by atoms with Gasteiger partial charge >= 0.3 is 0 Å². The van der Waals surface area contributed by atoms with Crippen LogP contribution in [0.5, 0.6) is 0 Å². The molecule has 0 aliphatic rings. The molecule has 20 heavy (non-hydrogen) atoms. The molecule has 1 unspecified atom stereocenters. The minimum Gasteiger partial charge on any atom is -0.372 e. The number of hydrogen-bond acceptors (Lipinski definition) is 5. The van der Waals surface area contributed by atoms with Gasteiger partial charge in [-0.05, 0) is 30.5 Å². The fourth-order valence-corrected chi connectivity index (χ4v) is 2.53. The molecule has 2 rings (SSSR count). The van der Waals surface area contributed by atoms with Gasteiger partial charge in [-0.25, -0.2) is 0 Å². The van der Waals surface area contributed by atoms with Gasteiger partial charge in [-0.2, -0.15) is 0 Å². The first-order valence-corrected chi connectivity index (χ1v) is 6.75. The van der Waals surface area contributed by atoms with Crippen LogP contribution in [0, 0.1) is 10.1 Å². The molecule has 104 valence electrons. The van der Waals surface area contributed by atoms with E-state index in [2.05, 4.69) is 5.32 Å². The van der Waals surface area contributed by atoms with E-state index in [1.165, 1.54) is 18.2 Å². The molecule has 0 aliphatic carbocycles. The largest absolute Gasteiger partial charge is 0.372 e. The molecule has 0 spiro atoms. The van der Waals surface area contributed by atoms with Crippen molar-refractivity contribution in [3.63, 3.8) is 0 Å². The number of nitro groups is 1. The zero-order valence-electron chi connectivity index (χ0n) is 10.7. The number of rotatable bonds is 5.